The van der Waals surface area contributed by atoms with E-state index in [1.54, 1.807) is 12.1 Å². The molecule has 6 nitrogen and oxygen atoms in total. The average Bonchev–Trinajstić information content (AvgIpc) is 3.12. The fourth-order valence-corrected chi connectivity index (χ4v) is 4.17. The van der Waals surface area contributed by atoms with Crippen LogP contribution in [0.25, 0.3) is 0 Å². The standard InChI is InChI=1S/C20H29ClN4O2/c1-14-5-4-10-24(14)20(27)25(19(26)18-6-2-3-9-23-18)13-16-11-17(21)8-7-15(16)12-22/h7-8,11,14,18,23H,2-6,9-10,12-13,22H2,1H3/t14-,18-/m1/s1. The number of piperidine rings is 1. The molecule has 2 atom stereocenters. The van der Waals surface area contributed by atoms with Gasteiger partial charge in [-0.2, -0.15) is 0 Å². The van der Waals surface area contributed by atoms with Crippen molar-refractivity contribution in [3.05, 3.63) is 34.3 Å². The van der Waals surface area contributed by atoms with E-state index in [0.29, 0.717) is 18.1 Å². The molecule has 148 valence electrons. The van der Waals surface area contributed by atoms with Crippen LogP contribution in [0, 0.1) is 0 Å². The number of imide groups is 1. The molecule has 3 N–H and O–H groups in total. The number of nitrogens with two attached hydrogens (primary N) is 1. The monoisotopic (exact) mass is 392 g/mol. The van der Waals surface area contributed by atoms with Gasteiger partial charge in [0.25, 0.3) is 0 Å². The third-order valence-corrected chi connectivity index (χ3v) is 5.86. The number of likely N-dealkylation sites (tertiary alicyclic amines) is 1. The smallest absolute Gasteiger partial charge is 0.326 e. The third-order valence-electron chi connectivity index (χ3n) is 5.62. The molecule has 1 aromatic carbocycles. The maximum Gasteiger partial charge on any atom is 0.327 e. The Balaban J connectivity index is 1.88. The maximum absolute atomic E-state index is 13.3. The van der Waals surface area contributed by atoms with E-state index in [-0.39, 0.29) is 30.6 Å². The first-order chi connectivity index (χ1) is 13.0. The molecule has 0 saturated carbocycles. The van der Waals surface area contributed by atoms with Gasteiger partial charge in [0.15, 0.2) is 0 Å². The molecule has 0 unspecified atom stereocenters. The molecule has 3 amide bonds. The Morgan fingerprint density at radius 2 is 2.07 bits per heavy atom. The van der Waals surface area contributed by atoms with Crippen molar-refractivity contribution in [2.75, 3.05) is 13.1 Å². The fourth-order valence-electron chi connectivity index (χ4n) is 3.97. The average molecular weight is 393 g/mol. The lowest BCUT2D eigenvalue weighted by atomic mass is 10.0. The molecule has 0 aliphatic carbocycles. The van der Waals surface area contributed by atoms with E-state index in [4.69, 9.17) is 17.3 Å². The maximum atomic E-state index is 13.3. The molecule has 2 heterocycles. The Labute approximate surface area is 166 Å². The van der Waals surface area contributed by atoms with Gasteiger partial charge in [-0.1, -0.05) is 24.1 Å². The second-order valence-corrected chi connectivity index (χ2v) is 7.95. The summed E-state index contributed by atoms with van der Waals surface area (Å²) in [5.41, 5.74) is 7.59. The van der Waals surface area contributed by atoms with Crippen molar-refractivity contribution >= 4 is 23.5 Å². The summed E-state index contributed by atoms with van der Waals surface area (Å²) in [6.07, 6.45) is 4.77. The van der Waals surface area contributed by atoms with Crippen molar-refractivity contribution in [2.24, 2.45) is 5.73 Å². The molecular formula is C20H29ClN4O2. The van der Waals surface area contributed by atoms with Crippen LogP contribution in [-0.2, 0) is 17.9 Å². The summed E-state index contributed by atoms with van der Waals surface area (Å²) in [5.74, 6) is -0.151. The van der Waals surface area contributed by atoms with Crippen LogP contribution in [0.4, 0.5) is 4.79 Å². The molecule has 3 rings (SSSR count). The van der Waals surface area contributed by atoms with E-state index in [1.165, 1.54) is 4.90 Å². The number of hydrogen-bond acceptors (Lipinski definition) is 4. The van der Waals surface area contributed by atoms with Gasteiger partial charge in [-0.25, -0.2) is 4.79 Å². The molecule has 2 aliphatic heterocycles. The minimum Gasteiger partial charge on any atom is -0.326 e. The molecule has 2 fully saturated rings. The number of nitrogens with one attached hydrogen (secondary N) is 1. The lowest BCUT2D eigenvalue weighted by Crippen LogP contribution is -2.54. The zero-order chi connectivity index (χ0) is 19.4. The van der Waals surface area contributed by atoms with Crippen LogP contribution in [0.3, 0.4) is 0 Å². The number of amides is 3. The zero-order valence-corrected chi connectivity index (χ0v) is 16.7. The van der Waals surface area contributed by atoms with E-state index in [0.717, 1.165) is 49.8 Å². The van der Waals surface area contributed by atoms with Gasteiger partial charge in [0.2, 0.25) is 5.91 Å². The van der Waals surface area contributed by atoms with Crippen LogP contribution in [0.1, 0.15) is 50.2 Å². The Kier molecular flexibility index (Phi) is 6.73. The van der Waals surface area contributed by atoms with Crippen LogP contribution < -0.4 is 11.1 Å². The first-order valence-electron chi connectivity index (χ1n) is 9.84. The predicted octanol–water partition coefficient (Wildman–Crippen LogP) is 2.87. The number of carbonyl (C=O) groups is 2. The second kappa shape index (κ2) is 9.04. The van der Waals surface area contributed by atoms with Crippen molar-refractivity contribution < 1.29 is 9.59 Å². The molecule has 0 radical (unpaired) electrons. The fraction of sp³-hybridized carbons (Fsp3) is 0.600. The number of carbonyl (C=O) groups excluding carboxylic acids is 2. The van der Waals surface area contributed by atoms with Gasteiger partial charge in [-0.3, -0.25) is 9.69 Å². The van der Waals surface area contributed by atoms with E-state index in [9.17, 15) is 9.59 Å². The number of nitrogens with zero attached hydrogens (tertiary/aromatic N) is 2. The predicted molar refractivity (Wildman–Crippen MR) is 106 cm³/mol. The highest BCUT2D eigenvalue weighted by Gasteiger charge is 2.35. The van der Waals surface area contributed by atoms with Crippen molar-refractivity contribution in [1.29, 1.82) is 0 Å². The topological polar surface area (TPSA) is 78.7 Å². The summed E-state index contributed by atoms with van der Waals surface area (Å²) in [7, 11) is 0. The highest BCUT2D eigenvalue weighted by molar-refractivity contribution is 6.30. The molecule has 0 bridgehead atoms. The van der Waals surface area contributed by atoms with Crippen LogP contribution in [0.2, 0.25) is 5.02 Å². The van der Waals surface area contributed by atoms with E-state index < -0.39 is 0 Å². The van der Waals surface area contributed by atoms with Gasteiger partial charge in [0.05, 0.1) is 12.6 Å². The molecule has 27 heavy (non-hydrogen) atoms. The van der Waals surface area contributed by atoms with Crippen LogP contribution in [-0.4, -0.2) is 46.9 Å². The Morgan fingerprint density at radius 1 is 1.26 bits per heavy atom. The first-order valence-corrected chi connectivity index (χ1v) is 10.2. The van der Waals surface area contributed by atoms with Crippen molar-refractivity contribution in [3.8, 4) is 0 Å². The number of urea groups is 1. The van der Waals surface area contributed by atoms with Gasteiger partial charge in [0, 0.05) is 24.2 Å². The highest BCUT2D eigenvalue weighted by Crippen LogP contribution is 2.23. The Hall–Kier alpha value is -1.63. The summed E-state index contributed by atoms with van der Waals surface area (Å²) in [4.78, 5) is 29.7. The summed E-state index contributed by atoms with van der Waals surface area (Å²) in [6.45, 7) is 4.08. The highest BCUT2D eigenvalue weighted by atomic mass is 35.5. The molecule has 0 aromatic heterocycles. The minimum absolute atomic E-state index is 0.151. The summed E-state index contributed by atoms with van der Waals surface area (Å²) >= 11 is 6.16. The van der Waals surface area contributed by atoms with Gasteiger partial charge in [0.1, 0.15) is 0 Å². The van der Waals surface area contributed by atoms with Crippen LogP contribution in [0.15, 0.2) is 18.2 Å². The molecule has 1 aromatic rings. The molecular weight excluding hydrogens is 364 g/mol. The van der Waals surface area contributed by atoms with Crippen molar-refractivity contribution in [1.82, 2.24) is 15.1 Å². The summed E-state index contributed by atoms with van der Waals surface area (Å²) < 4.78 is 0. The number of hydrogen-bond donors (Lipinski definition) is 2. The third kappa shape index (κ3) is 4.62. The van der Waals surface area contributed by atoms with E-state index in [2.05, 4.69) is 5.32 Å². The number of rotatable bonds is 4. The van der Waals surface area contributed by atoms with Gasteiger partial charge in [-0.05, 0) is 62.4 Å². The first kappa shape index (κ1) is 20.1. The van der Waals surface area contributed by atoms with E-state index >= 15 is 0 Å². The van der Waals surface area contributed by atoms with Gasteiger partial charge in [-0.15, -0.1) is 0 Å². The SMILES string of the molecule is C[C@@H]1CCCN1C(=O)N(Cc1cc(Cl)ccc1CN)C(=O)[C@H]1CCCCN1. The van der Waals surface area contributed by atoms with Crippen molar-refractivity contribution in [2.45, 2.75) is 64.2 Å². The Morgan fingerprint density at radius 3 is 2.70 bits per heavy atom. The van der Waals surface area contributed by atoms with E-state index in [1.807, 2.05) is 17.9 Å². The summed E-state index contributed by atoms with van der Waals surface area (Å²) in [5, 5.41) is 3.85. The lowest BCUT2D eigenvalue weighted by molar-refractivity contribution is -0.132. The second-order valence-electron chi connectivity index (χ2n) is 7.51. The Bertz CT molecular complexity index is 691. The van der Waals surface area contributed by atoms with Gasteiger partial charge >= 0.3 is 6.03 Å². The normalized spacial score (nSPS) is 22.7. The lowest BCUT2D eigenvalue weighted by Gasteiger charge is -2.33. The molecule has 2 aliphatic rings. The zero-order valence-electron chi connectivity index (χ0n) is 15.9. The molecule has 0 spiro atoms. The van der Waals surface area contributed by atoms with Crippen LogP contribution in [0.5, 0.6) is 0 Å². The van der Waals surface area contributed by atoms with Gasteiger partial charge < -0.3 is 16.0 Å². The van der Waals surface area contributed by atoms with Crippen molar-refractivity contribution in [3.63, 3.8) is 0 Å². The number of halogens is 1. The molecule has 2 saturated heterocycles. The largest absolute Gasteiger partial charge is 0.327 e. The quantitative estimate of drug-likeness (QED) is 0.825. The summed E-state index contributed by atoms with van der Waals surface area (Å²) in [6, 6.07) is 5.09. The van der Waals surface area contributed by atoms with Crippen LogP contribution >= 0.6 is 11.6 Å². The number of benzene rings is 1. The minimum atomic E-state index is -0.305. The molecule has 7 heteroatoms.